The first-order valence-corrected chi connectivity index (χ1v) is 11.8. The molecule has 0 saturated heterocycles. The van der Waals surface area contributed by atoms with Crippen LogP contribution in [0.15, 0.2) is 54.7 Å². The number of ether oxygens (including phenoxy) is 1. The molecule has 0 aliphatic heterocycles. The van der Waals surface area contributed by atoms with Gasteiger partial charge in [-0.15, -0.1) is 0 Å². The Bertz CT molecular complexity index is 1380. The highest BCUT2D eigenvalue weighted by Gasteiger charge is 2.20. The van der Waals surface area contributed by atoms with Crippen molar-refractivity contribution >= 4 is 17.0 Å². The van der Waals surface area contributed by atoms with Crippen LogP contribution in [-0.4, -0.2) is 28.6 Å². The summed E-state index contributed by atoms with van der Waals surface area (Å²) in [5, 5.41) is 0.868. The summed E-state index contributed by atoms with van der Waals surface area (Å²) in [5.74, 6) is -1.18. The molecule has 0 unspecified atom stereocenters. The second-order valence-electron chi connectivity index (χ2n) is 8.90. The maximum absolute atomic E-state index is 14.6. The maximum Gasteiger partial charge on any atom is 0.415 e. The lowest BCUT2D eigenvalue weighted by atomic mass is 9.97. The molecule has 0 aliphatic rings. The Labute approximate surface area is 204 Å². The van der Waals surface area contributed by atoms with Gasteiger partial charge in [-0.1, -0.05) is 41.5 Å². The van der Waals surface area contributed by atoms with Gasteiger partial charge in [-0.25, -0.2) is 13.6 Å². The minimum absolute atomic E-state index is 0.178. The maximum atomic E-state index is 14.6. The molecule has 0 spiro atoms. The third-order valence-corrected chi connectivity index (χ3v) is 6.34. The summed E-state index contributed by atoms with van der Waals surface area (Å²) in [5.41, 5.74) is 5.30. The van der Waals surface area contributed by atoms with Crippen molar-refractivity contribution in [3.05, 3.63) is 88.6 Å². The molecule has 4 aromatic rings. The molecule has 1 amide bonds. The van der Waals surface area contributed by atoms with Crippen LogP contribution in [0.4, 0.5) is 13.6 Å². The zero-order chi connectivity index (χ0) is 25.3. The molecule has 1 heterocycles. The molecule has 0 radical (unpaired) electrons. The average Bonchev–Trinajstić information content (AvgIpc) is 3.22. The largest absolute Gasteiger partial charge is 0.415 e. The molecule has 1 aromatic heterocycles. The van der Waals surface area contributed by atoms with E-state index in [1.54, 1.807) is 30.0 Å². The summed E-state index contributed by atoms with van der Waals surface area (Å²) in [6, 6.07) is 15.0. The third kappa shape index (κ3) is 4.78. The van der Waals surface area contributed by atoms with Gasteiger partial charge in [0.25, 0.3) is 0 Å². The van der Waals surface area contributed by atoms with Crippen molar-refractivity contribution in [3.63, 3.8) is 0 Å². The Morgan fingerprint density at radius 1 is 0.914 bits per heavy atom. The second-order valence-corrected chi connectivity index (χ2v) is 8.90. The lowest BCUT2D eigenvalue weighted by molar-refractivity contribution is 0.157. The highest BCUT2D eigenvalue weighted by molar-refractivity contribution is 6.00. The zero-order valence-corrected chi connectivity index (χ0v) is 20.8. The van der Waals surface area contributed by atoms with Crippen molar-refractivity contribution in [1.82, 2.24) is 9.47 Å². The number of hydrogen-bond acceptors (Lipinski definition) is 2. The van der Waals surface area contributed by atoms with E-state index < -0.39 is 17.7 Å². The lowest BCUT2D eigenvalue weighted by Crippen LogP contribution is -2.33. The van der Waals surface area contributed by atoms with Crippen LogP contribution in [0.1, 0.15) is 36.1 Å². The number of halogens is 2. The Morgan fingerprint density at radius 2 is 1.60 bits per heavy atom. The number of hydrogen-bond donors (Lipinski definition) is 0. The summed E-state index contributed by atoms with van der Waals surface area (Å²) in [4.78, 5) is 14.4. The Balaban J connectivity index is 1.86. The van der Waals surface area contributed by atoms with Crippen LogP contribution < -0.4 is 4.74 Å². The van der Waals surface area contributed by atoms with Crippen LogP contribution in [0.3, 0.4) is 0 Å². The van der Waals surface area contributed by atoms with Crippen LogP contribution >= 0.6 is 0 Å². The van der Waals surface area contributed by atoms with Crippen molar-refractivity contribution in [2.24, 2.45) is 0 Å². The highest BCUT2D eigenvalue weighted by atomic mass is 19.2. The number of carbonyl (C=O) groups is 1. The lowest BCUT2D eigenvalue weighted by Gasteiger charge is -2.20. The number of carbonyl (C=O) groups excluding carboxylic acids is 1. The minimum atomic E-state index is -0.828. The van der Waals surface area contributed by atoms with Gasteiger partial charge in [0.15, 0.2) is 11.6 Å². The number of rotatable bonds is 6. The molecule has 182 valence electrons. The molecule has 6 heteroatoms. The van der Waals surface area contributed by atoms with E-state index in [1.165, 1.54) is 0 Å². The molecule has 0 N–H and O–H groups in total. The molecule has 0 fully saturated rings. The molecule has 0 atom stereocenters. The van der Waals surface area contributed by atoms with Gasteiger partial charge in [-0.3, -0.25) is 0 Å². The second kappa shape index (κ2) is 9.90. The average molecular weight is 477 g/mol. The monoisotopic (exact) mass is 476 g/mol. The van der Waals surface area contributed by atoms with E-state index in [4.69, 9.17) is 4.74 Å². The van der Waals surface area contributed by atoms with E-state index in [0.29, 0.717) is 18.8 Å². The smallest absolute Gasteiger partial charge is 0.410 e. The standard InChI is InChI=1S/C29H30F2N2O2/c1-6-32(7-2)29(34)35-25-11-10-24-23(26(25)22-15-18(3)14-19(4)16-22)12-13-33(24)17-21-9-8-20(5)27(30)28(21)31/h8-16H,6-7,17H2,1-5H3. The summed E-state index contributed by atoms with van der Waals surface area (Å²) in [7, 11) is 0. The number of fused-ring (bicyclic) bond motifs is 1. The first-order valence-electron chi connectivity index (χ1n) is 11.8. The van der Waals surface area contributed by atoms with Crippen LogP contribution in [0.2, 0.25) is 0 Å². The Morgan fingerprint density at radius 3 is 2.26 bits per heavy atom. The SMILES string of the molecule is CCN(CC)C(=O)Oc1ccc2c(ccn2Cc2ccc(C)c(F)c2F)c1-c1cc(C)cc(C)c1. The van der Waals surface area contributed by atoms with E-state index >= 15 is 0 Å². The molecular weight excluding hydrogens is 446 g/mol. The van der Waals surface area contributed by atoms with Gasteiger partial charge in [0.2, 0.25) is 0 Å². The van der Waals surface area contributed by atoms with Gasteiger partial charge in [-0.2, -0.15) is 0 Å². The first-order chi connectivity index (χ1) is 16.7. The molecule has 4 nitrogen and oxygen atoms in total. The van der Waals surface area contributed by atoms with Gasteiger partial charge in [0.1, 0.15) is 5.75 Å². The first kappa shape index (κ1) is 24.5. The zero-order valence-electron chi connectivity index (χ0n) is 20.8. The number of aryl methyl sites for hydroxylation is 3. The van der Waals surface area contributed by atoms with Crippen molar-refractivity contribution in [2.75, 3.05) is 13.1 Å². The molecular formula is C29H30F2N2O2. The quantitative estimate of drug-likeness (QED) is 0.291. The topological polar surface area (TPSA) is 34.5 Å². The van der Waals surface area contributed by atoms with Crippen LogP contribution in [0.5, 0.6) is 5.75 Å². The summed E-state index contributed by atoms with van der Waals surface area (Å²) in [6.07, 6.45) is 1.45. The van der Waals surface area contributed by atoms with Gasteiger partial charge in [-0.05, 0) is 63.9 Å². The molecule has 4 rings (SSSR count). The van der Waals surface area contributed by atoms with Gasteiger partial charge < -0.3 is 14.2 Å². The van der Waals surface area contributed by atoms with Gasteiger partial charge >= 0.3 is 6.09 Å². The number of aromatic nitrogens is 1. The summed E-state index contributed by atoms with van der Waals surface area (Å²) < 4.78 is 36.5. The summed E-state index contributed by atoms with van der Waals surface area (Å²) >= 11 is 0. The molecule has 0 bridgehead atoms. The highest BCUT2D eigenvalue weighted by Crippen LogP contribution is 2.39. The predicted octanol–water partition coefficient (Wildman–Crippen LogP) is 7.40. The molecule has 35 heavy (non-hydrogen) atoms. The molecule has 0 aliphatic carbocycles. The number of nitrogens with zero attached hydrogens (tertiary/aromatic N) is 2. The Kier molecular flexibility index (Phi) is 6.92. The Hall–Kier alpha value is -3.67. The van der Waals surface area contributed by atoms with Crippen LogP contribution in [0, 0.1) is 32.4 Å². The van der Waals surface area contributed by atoms with E-state index in [9.17, 15) is 13.6 Å². The van der Waals surface area contributed by atoms with Crippen molar-refractivity contribution in [3.8, 4) is 16.9 Å². The normalized spacial score (nSPS) is 11.2. The van der Waals surface area contributed by atoms with Gasteiger partial charge in [0, 0.05) is 41.3 Å². The molecule has 3 aromatic carbocycles. The number of benzene rings is 3. The predicted molar refractivity (Wildman–Crippen MR) is 136 cm³/mol. The fraction of sp³-hybridized carbons (Fsp3) is 0.276. The van der Waals surface area contributed by atoms with Crippen LogP contribution in [-0.2, 0) is 6.54 Å². The van der Waals surface area contributed by atoms with Crippen molar-refractivity contribution in [2.45, 2.75) is 41.2 Å². The fourth-order valence-electron chi connectivity index (χ4n) is 4.52. The molecule has 0 saturated carbocycles. The van der Waals surface area contributed by atoms with Crippen molar-refractivity contribution in [1.29, 1.82) is 0 Å². The van der Waals surface area contributed by atoms with Crippen LogP contribution in [0.25, 0.3) is 22.0 Å². The third-order valence-electron chi connectivity index (χ3n) is 6.34. The van der Waals surface area contributed by atoms with Crippen molar-refractivity contribution < 1.29 is 18.3 Å². The minimum Gasteiger partial charge on any atom is -0.410 e. The fourth-order valence-corrected chi connectivity index (χ4v) is 4.52. The van der Waals surface area contributed by atoms with E-state index in [-0.39, 0.29) is 17.7 Å². The number of amides is 1. The van der Waals surface area contributed by atoms with Gasteiger partial charge in [0.05, 0.1) is 6.54 Å². The van der Waals surface area contributed by atoms with E-state index in [2.05, 4.69) is 18.2 Å². The van der Waals surface area contributed by atoms with E-state index in [0.717, 1.165) is 33.2 Å². The van der Waals surface area contributed by atoms with E-state index in [1.807, 2.05) is 50.6 Å². The summed E-state index contributed by atoms with van der Waals surface area (Å²) in [6.45, 7) is 10.7.